The number of hydrogen-bond acceptors (Lipinski definition) is 5. The van der Waals surface area contributed by atoms with E-state index in [0.29, 0.717) is 34.8 Å². The first kappa shape index (κ1) is 19.6. The van der Waals surface area contributed by atoms with E-state index in [1.807, 2.05) is 31.2 Å². The highest BCUT2D eigenvalue weighted by atomic mass is 16.5. The number of ketones is 1. The second kappa shape index (κ2) is 8.37. The van der Waals surface area contributed by atoms with Crippen molar-refractivity contribution in [3.63, 3.8) is 0 Å². The van der Waals surface area contributed by atoms with Gasteiger partial charge in [-0.05, 0) is 42.3 Å². The molecule has 2 aromatic carbocycles. The van der Waals surface area contributed by atoms with Crippen molar-refractivity contribution in [1.82, 2.24) is 4.98 Å². The van der Waals surface area contributed by atoms with Gasteiger partial charge in [0.05, 0.1) is 18.1 Å². The number of Topliss-reactive ketones (excluding diaryl/α,β-unsaturated/α-hetero) is 1. The molecule has 30 heavy (non-hydrogen) atoms. The predicted molar refractivity (Wildman–Crippen MR) is 112 cm³/mol. The van der Waals surface area contributed by atoms with E-state index in [2.05, 4.69) is 4.98 Å². The summed E-state index contributed by atoms with van der Waals surface area (Å²) in [5.41, 5.74) is 8.01. The molecule has 4 rings (SSSR count). The van der Waals surface area contributed by atoms with E-state index in [0.717, 1.165) is 12.0 Å². The van der Waals surface area contributed by atoms with E-state index in [1.165, 1.54) is 0 Å². The van der Waals surface area contributed by atoms with E-state index >= 15 is 0 Å². The average Bonchev–Trinajstić information content (AvgIpc) is 2.78. The molecule has 0 unspecified atom stereocenters. The summed E-state index contributed by atoms with van der Waals surface area (Å²) in [5.74, 6) is 0.487. The average molecular weight is 402 g/mol. The molecule has 0 aliphatic carbocycles. The van der Waals surface area contributed by atoms with Crippen molar-refractivity contribution in [3.8, 4) is 11.5 Å². The third kappa shape index (κ3) is 3.76. The van der Waals surface area contributed by atoms with Crippen molar-refractivity contribution in [1.29, 1.82) is 0 Å². The van der Waals surface area contributed by atoms with Gasteiger partial charge in [0.25, 0.3) is 0 Å². The van der Waals surface area contributed by atoms with Gasteiger partial charge in [-0.1, -0.05) is 25.1 Å². The van der Waals surface area contributed by atoms with Crippen molar-refractivity contribution in [3.05, 3.63) is 89.2 Å². The number of pyridine rings is 1. The monoisotopic (exact) mass is 402 g/mol. The number of carbonyl (C=O) groups excluding carboxylic acids is 2. The number of carbonyl (C=O) groups is 2. The molecule has 0 saturated carbocycles. The molecule has 0 saturated heterocycles. The molecule has 3 aromatic rings. The van der Waals surface area contributed by atoms with Crippen LogP contribution >= 0.6 is 0 Å². The second-order valence-electron chi connectivity index (χ2n) is 7.17. The van der Waals surface area contributed by atoms with Crippen LogP contribution in [-0.4, -0.2) is 23.3 Å². The van der Waals surface area contributed by atoms with Crippen molar-refractivity contribution < 1.29 is 19.1 Å². The highest BCUT2D eigenvalue weighted by molar-refractivity contribution is 6.01. The number of benzene rings is 2. The first-order valence-corrected chi connectivity index (χ1v) is 9.84. The number of aromatic nitrogens is 1. The first-order valence-electron chi connectivity index (χ1n) is 9.84. The Morgan fingerprint density at radius 2 is 1.97 bits per heavy atom. The number of ether oxygens (including phenoxy) is 2. The third-order valence-corrected chi connectivity index (χ3v) is 5.29. The second-order valence-corrected chi connectivity index (χ2v) is 7.17. The van der Waals surface area contributed by atoms with Gasteiger partial charge in [0.2, 0.25) is 5.91 Å². The minimum Gasteiger partial charge on any atom is -0.492 e. The van der Waals surface area contributed by atoms with Crippen molar-refractivity contribution in [2.75, 3.05) is 6.61 Å². The third-order valence-electron chi connectivity index (χ3n) is 5.29. The zero-order valence-corrected chi connectivity index (χ0v) is 16.6. The van der Waals surface area contributed by atoms with E-state index in [9.17, 15) is 9.59 Å². The van der Waals surface area contributed by atoms with Crippen LogP contribution in [0.3, 0.4) is 0 Å². The maximum atomic E-state index is 12.6. The van der Waals surface area contributed by atoms with Gasteiger partial charge in [-0.15, -0.1) is 0 Å². The van der Waals surface area contributed by atoms with Crippen molar-refractivity contribution in [2.24, 2.45) is 11.7 Å². The first-order chi connectivity index (χ1) is 14.6. The summed E-state index contributed by atoms with van der Waals surface area (Å²) >= 11 is 0. The molecule has 1 amide bonds. The van der Waals surface area contributed by atoms with Gasteiger partial charge in [0.15, 0.2) is 5.78 Å². The van der Waals surface area contributed by atoms with E-state index in [4.69, 9.17) is 15.2 Å². The number of nitrogens with two attached hydrogens (primary N) is 1. The van der Waals surface area contributed by atoms with Gasteiger partial charge < -0.3 is 15.2 Å². The molecule has 1 aliphatic rings. The van der Waals surface area contributed by atoms with Crippen LogP contribution in [0.1, 0.15) is 51.3 Å². The lowest BCUT2D eigenvalue weighted by Crippen LogP contribution is -2.27. The number of hydrogen-bond donors (Lipinski definition) is 1. The van der Waals surface area contributed by atoms with Crippen LogP contribution in [0, 0.1) is 5.92 Å². The number of rotatable bonds is 6. The summed E-state index contributed by atoms with van der Waals surface area (Å²) in [5, 5.41) is 0. The molecular weight excluding hydrogens is 380 g/mol. The van der Waals surface area contributed by atoms with Crippen LogP contribution in [0.5, 0.6) is 11.5 Å². The summed E-state index contributed by atoms with van der Waals surface area (Å²) in [6, 6.07) is 15.9. The maximum Gasteiger partial charge on any atom is 0.249 e. The molecular formula is C24H22N2O4. The molecule has 2 N–H and O–H groups in total. The largest absolute Gasteiger partial charge is 0.492 e. The van der Waals surface area contributed by atoms with Crippen LogP contribution in [-0.2, 0) is 0 Å². The molecule has 6 heteroatoms. The summed E-state index contributed by atoms with van der Waals surface area (Å²) < 4.78 is 12.1. The Balaban J connectivity index is 1.72. The molecule has 0 bridgehead atoms. The molecule has 2 heterocycles. The zero-order chi connectivity index (χ0) is 21.1. The number of fused-ring (bicyclic) bond motifs is 1. The molecule has 1 aromatic heterocycles. The van der Waals surface area contributed by atoms with Crippen LogP contribution in [0.15, 0.2) is 67.0 Å². The van der Waals surface area contributed by atoms with E-state index < -0.39 is 12.0 Å². The van der Waals surface area contributed by atoms with Crippen molar-refractivity contribution >= 4 is 11.7 Å². The molecule has 0 fully saturated rings. The molecule has 1 aliphatic heterocycles. The van der Waals surface area contributed by atoms with Crippen LogP contribution in [0.25, 0.3) is 0 Å². The Bertz CT molecular complexity index is 1080. The van der Waals surface area contributed by atoms with E-state index in [-0.39, 0.29) is 11.7 Å². The van der Waals surface area contributed by atoms with Crippen LogP contribution < -0.4 is 15.2 Å². The maximum absolute atomic E-state index is 12.6. The Morgan fingerprint density at radius 1 is 1.20 bits per heavy atom. The van der Waals surface area contributed by atoms with E-state index in [1.54, 1.807) is 42.7 Å². The standard InChI is InChI=1S/C24H22N2O4/c1-2-15-14-29-21-13-17(7-8-20(21)22(15)27)30-23(16-9-11-26-12-10-16)18-5-3-4-6-19(18)24(25)28/h3-13,15,23H,2,14H2,1H3,(H2,25,28)/t15-,23+/m1/s1. The summed E-state index contributed by atoms with van der Waals surface area (Å²) in [7, 11) is 0. The Kier molecular flexibility index (Phi) is 5.48. The molecule has 0 spiro atoms. The minimum atomic E-state index is -0.586. The van der Waals surface area contributed by atoms with Gasteiger partial charge >= 0.3 is 0 Å². The normalized spacial score (nSPS) is 16.3. The summed E-state index contributed by atoms with van der Waals surface area (Å²) in [6.45, 7) is 2.34. The topological polar surface area (TPSA) is 91.5 Å². The van der Waals surface area contributed by atoms with Crippen LogP contribution in [0.2, 0.25) is 0 Å². The van der Waals surface area contributed by atoms with Gasteiger partial charge in [-0.2, -0.15) is 0 Å². The zero-order valence-electron chi connectivity index (χ0n) is 16.6. The summed E-state index contributed by atoms with van der Waals surface area (Å²) in [6.07, 6.45) is 3.48. The fourth-order valence-corrected chi connectivity index (χ4v) is 3.62. The smallest absolute Gasteiger partial charge is 0.249 e. The highest BCUT2D eigenvalue weighted by Gasteiger charge is 2.28. The lowest BCUT2D eigenvalue weighted by atomic mass is 9.93. The number of amides is 1. The molecule has 6 nitrogen and oxygen atoms in total. The molecule has 2 atom stereocenters. The molecule has 152 valence electrons. The predicted octanol–water partition coefficient (Wildman–Crippen LogP) is 3.95. The highest BCUT2D eigenvalue weighted by Crippen LogP contribution is 2.35. The van der Waals surface area contributed by atoms with Gasteiger partial charge in [-0.3, -0.25) is 14.6 Å². The minimum absolute atomic E-state index is 0.0926. The summed E-state index contributed by atoms with van der Waals surface area (Å²) in [4.78, 5) is 28.6. The quantitative estimate of drug-likeness (QED) is 0.674. The van der Waals surface area contributed by atoms with Gasteiger partial charge in [-0.25, -0.2) is 0 Å². The number of primary amides is 1. The SMILES string of the molecule is CC[C@@H]1COc2cc(O[C@@H](c3ccncc3)c3ccccc3C(N)=O)ccc2C1=O. The lowest BCUT2D eigenvalue weighted by molar-refractivity contribution is 0.0825. The Labute approximate surface area is 174 Å². The number of nitrogens with zero attached hydrogens (tertiary/aromatic N) is 1. The fraction of sp³-hybridized carbons (Fsp3) is 0.208. The van der Waals surface area contributed by atoms with Crippen molar-refractivity contribution in [2.45, 2.75) is 19.4 Å². The van der Waals surface area contributed by atoms with Gasteiger partial charge in [0.1, 0.15) is 17.6 Å². The van der Waals surface area contributed by atoms with Crippen LogP contribution in [0.4, 0.5) is 0 Å². The van der Waals surface area contributed by atoms with Gasteiger partial charge in [0, 0.05) is 29.6 Å². The molecule has 0 radical (unpaired) electrons. The Hall–Kier alpha value is -3.67. The fourth-order valence-electron chi connectivity index (χ4n) is 3.62. The Morgan fingerprint density at radius 3 is 2.70 bits per heavy atom. The lowest BCUT2D eigenvalue weighted by Gasteiger charge is -2.25.